The summed E-state index contributed by atoms with van der Waals surface area (Å²) in [5, 5.41) is 38.2. The molecule has 0 aliphatic carbocycles. The molecule has 1 aromatic rings. The number of rotatable bonds is 15. The van der Waals surface area contributed by atoms with Crippen molar-refractivity contribution in [3.8, 4) is 5.75 Å². The van der Waals surface area contributed by atoms with Gasteiger partial charge in [-0.05, 0) is 43.9 Å². The van der Waals surface area contributed by atoms with Gasteiger partial charge in [0.25, 0.3) is 0 Å². The van der Waals surface area contributed by atoms with Crippen LogP contribution in [0.25, 0.3) is 0 Å². The molecule has 1 fully saturated rings. The van der Waals surface area contributed by atoms with E-state index in [0.717, 1.165) is 24.2 Å². The van der Waals surface area contributed by atoms with Crippen LogP contribution in [0.1, 0.15) is 31.7 Å². The first-order chi connectivity index (χ1) is 19.6. The van der Waals surface area contributed by atoms with E-state index in [1.165, 1.54) is 0 Å². The lowest BCUT2D eigenvalue weighted by atomic mass is 10.0. The number of unbranched alkanes of at least 4 members (excludes halogenated alkanes) is 1. The Morgan fingerprint density at radius 3 is 1.54 bits per heavy atom. The van der Waals surface area contributed by atoms with Crippen LogP contribution in [-0.2, 0) is 25.6 Å². The maximum atomic E-state index is 12.4. The molecule has 230 valence electrons. The lowest BCUT2D eigenvalue weighted by molar-refractivity contribution is -0.145. The van der Waals surface area contributed by atoms with Gasteiger partial charge in [0.1, 0.15) is 11.8 Å². The maximum Gasteiger partial charge on any atom is 0.320 e. The number of aliphatic carboxylic acids is 4. The van der Waals surface area contributed by atoms with E-state index in [0.29, 0.717) is 19.4 Å². The maximum absolute atomic E-state index is 12.4. The van der Waals surface area contributed by atoms with Crippen molar-refractivity contribution >= 4 is 23.9 Å². The van der Waals surface area contributed by atoms with E-state index in [9.17, 15) is 39.6 Å². The molecule has 13 nitrogen and oxygen atoms in total. The molecule has 41 heavy (non-hydrogen) atoms. The van der Waals surface area contributed by atoms with Crippen molar-refractivity contribution in [3.63, 3.8) is 0 Å². The molecular formula is C28H44N4O9. The lowest BCUT2D eigenvalue weighted by Gasteiger charge is -2.35. The summed E-state index contributed by atoms with van der Waals surface area (Å²) in [6.07, 6.45) is 2.66. The number of carboxylic acids is 4. The molecule has 0 saturated carbocycles. The third-order valence-corrected chi connectivity index (χ3v) is 7.10. The molecule has 1 aliphatic rings. The Bertz CT molecular complexity index is 944. The number of benzene rings is 1. The van der Waals surface area contributed by atoms with Crippen molar-refractivity contribution in [2.75, 3.05) is 78.6 Å². The van der Waals surface area contributed by atoms with Crippen LogP contribution >= 0.6 is 0 Å². The Morgan fingerprint density at radius 2 is 1.15 bits per heavy atom. The Kier molecular flexibility index (Phi) is 15.1. The number of ether oxygens (including phenoxy) is 1. The molecule has 0 bridgehead atoms. The second-order valence-electron chi connectivity index (χ2n) is 10.2. The highest BCUT2D eigenvalue weighted by molar-refractivity contribution is 5.73. The van der Waals surface area contributed by atoms with Gasteiger partial charge in [0, 0.05) is 52.4 Å². The fourth-order valence-electron chi connectivity index (χ4n) is 4.96. The minimum Gasteiger partial charge on any atom is -0.494 e. The number of aryl methyl sites for hydroxylation is 1. The van der Waals surface area contributed by atoms with Crippen molar-refractivity contribution in [1.82, 2.24) is 19.6 Å². The fraction of sp³-hybridized carbons (Fsp3) is 0.643. The van der Waals surface area contributed by atoms with Gasteiger partial charge < -0.3 is 25.2 Å². The van der Waals surface area contributed by atoms with Crippen molar-refractivity contribution in [3.05, 3.63) is 29.8 Å². The summed E-state index contributed by atoms with van der Waals surface area (Å²) in [5.74, 6) is -3.23. The molecule has 0 radical (unpaired) electrons. The average Bonchev–Trinajstić information content (AvgIpc) is 2.89. The van der Waals surface area contributed by atoms with Crippen LogP contribution < -0.4 is 4.74 Å². The zero-order valence-corrected chi connectivity index (χ0v) is 23.8. The van der Waals surface area contributed by atoms with Crippen molar-refractivity contribution in [1.29, 1.82) is 0 Å². The summed E-state index contributed by atoms with van der Waals surface area (Å²) >= 11 is 0. The lowest BCUT2D eigenvalue weighted by Crippen LogP contribution is -2.51. The second kappa shape index (κ2) is 18.2. The molecular weight excluding hydrogens is 536 g/mol. The summed E-state index contributed by atoms with van der Waals surface area (Å²) in [5.41, 5.74) is 1.14. The van der Waals surface area contributed by atoms with Crippen molar-refractivity contribution < 1.29 is 44.3 Å². The first-order valence-corrected chi connectivity index (χ1v) is 14.1. The molecule has 0 aromatic heterocycles. The molecule has 1 atom stereocenters. The summed E-state index contributed by atoms with van der Waals surface area (Å²) in [4.78, 5) is 53.5. The Hall–Kier alpha value is -3.26. The predicted octanol–water partition coefficient (Wildman–Crippen LogP) is 0.727. The standard InChI is InChI=1S/C28H44N4O9/c1-2-41-23-9-7-22(8-10-23)5-3-4-6-24(28(39)40)32-17-15-30(20-26(35)36)13-11-29(19-25(33)34)12-14-31(16-18-32)21-27(37)38/h7-10,24H,2-6,11-21H2,1H3,(H,33,34)(H,35,36)(H,37,38)(H,39,40)/t24-/m0/s1. The van der Waals surface area contributed by atoms with Gasteiger partial charge in [-0.25, -0.2) is 0 Å². The zero-order chi connectivity index (χ0) is 30.2. The van der Waals surface area contributed by atoms with Crippen molar-refractivity contribution in [2.24, 2.45) is 0 Å². The normalized spacial score (nSPS) is 17.7. The van der Waals surface area contributed by atoms with E-state index in [1.807, 2.05) is 31.2 Å². The molecule has 0 amide bonds. The van der Waals surface area contributed by atoms with Gasteiger partial charge in [-0.2, -0.15) is 0 Å². The largest absolute Gasteiger partial charge is 0.494 e. The van der Waals surface area contributed by atoms with E-state index in [-0.39, 0.29) is 72.0 Å². The zero-order valence-electron chi connectivity index (χ0n) is 23.8. The van der Waals surface area contributed by atoms with Gasteiger partial charge in [-0.3, -0.25) is 38.8 Å². The summed E-state index contributed by atoms with van der Waals surface area (Å²) in [6, 6.07) is 7.04. The number of hydrogen-bond donors (Lipinski definition) is 4. The molecule has 4 N–H and O–H groups in total. The molecule has 1 aliphatic heterocycles. The van der Waals surface area contributed by atoms with Crippen LogP contribution in [0.3, 0.4) is 0 Å². The highest BCUT2D eigenvalue weighted by Gasteiger charge is 2.27. The molecule has 1 heterocycles. The molecule has 2 rings (SSSR count). The predicted molar refractivity (Wildman–Crippen MR) is 150 cm³/mol. The van der Waals surface area contributed by atoms with Crippen molar-refractivity contribution in [2.45, 2.75) is 38.6 Å². The Balaban J connectivity index is 2.11. The van der Waals surface area contributed by atoms with Crippen LogP contribution in [0, 0.1) is 0 Å². The Labute approximate surface area is 240 Å². The summed E-state index contributed by atoms with van der Waals surface area (Å²) in [6.45, 7) is 4.04. The van der Waals surface area contributed by atoms with E-state index in [2.05, 4.69) is 0 Å². The fourth-order valence-corrected chi connectivity index (χ4v) is 4.96. The molecule has 0 spiro atoms. The van der Waals surface area contributed by atoms with Crippen LogP contribution in [0.4, 0.5) is 0 Å². The van der Waals surface area contributed by atoms with Crippen LogP contribution in [0.15, 0.2) is 24.3 Å². The molecule has 1 aromatic carbocycles. The highest BCUT2D eigenvalue weighted by atomic mass is 16.5. The van der Waals surface area contributed by atoms with Gasteiger partial charge in [0.15, 0.2) is 0 Å². The van der Waals surface area contributed by atoms with E-state index in [4.69, 9.17) is 4.74 Å². The van der Waals surface area contributed by atoms with Crippen LogP contribution in [0.2, 0.25) is 0 Å². The SMILES string of the molecule is CCOc1ccc(CCCC[C@@H](C(=O)O)N2CCN(CC(=O)O)CCN(CC(=O)O)CCN(CC(=O)O)CC2)cc1. The summed E-state index contributed by atoms with van der Waals surface area (Å²) < 4.78 is 5.47. The first kappa shape index (κ1) is 33.9. The minimum atomic E-state index is -1.02. The van der Waals surface area contributed by atoms with Gasteiger partial charge >= 0.3 is 23.9 Å². The van der Waals surface area contributed by atoms with E-state index in [1.54, 1.807) is 19.6 Å². The molecule has 13 heteroatoms. The third kappa shape index (κ3) is 13.8. The van der Waals surface area contributed by atoms with Gasteiger partial charge in [-0.15, -0.1) is 0 Å². The average molecular weight is 581 g/mol. The van der Waals surface area contributed by atoms with E-state index >= 15 is 0 Å². The smallest absolute Gasteiger partial charge is 0.320 e. The second-order valence-corrected chi connectivity index (χ2v) is 10.2. The number of hydrogen-bond acceptors (Lipinski definition) is 9. The first-order valence-electron chi connectivity index (χ1n) is 14.1. The quantitative estimate of drug-likeness (QED) is 0.214. The summed E-state index contributed by atoms with van der Waals surface area (Å²) in [7, 11) is 0. The van der Waals surface area contributed by atoms with Crippen LogP contribution in [0.5, 0.6) is 5.75 Å². The Morgan fingerprint density at radius 1 is 0.707 bits per heavy atom. The van der Waals surface area contributed by atoms with Gasteiger partial charge in [-0.1, -0.05) is 18.6 Å². The third-order valence-electron chi connectivity index (χ3n) is 7.10. The number of carbonyl (C=O) groups is 4. The van der Waals surface area contributed by atoms with Gasteiger partial charge in [0.2, 0.25) is 0 Å². The monoisotopic (exact) mass is 580 g/mol. The van der Waals surface area contributed by atoms with Crippen LogP contribution in [-0.4, -0.2) is 149 Å². The number of nitrogens with zero attached hydrogens (tertiary/aromatic N) is 4. The molecule has 1 saturated heterocycles. The molecule has 0 unspecified atom stereocenters. The van der Waals surface area contributed by atoms with E-state index < -0.39 is 29.9 Å². The highest BCUT2D eigenvalue weighted by Crippen LogP contribution is 2.16. The minimum absolute atomic E-state index is 0.244. The van der Waals surface area contributed by atoms with Gasteiger partial charge in [0.05, 0.1) is 26.2 Å². The number of carboxylic acid groups (broad SMARTS) is 4. The topological polar surface area (TPSA) is 171 Å².